The molecule has 0 aliphatic heterocycles. The van der Waals surface area contributed by atoms with Crippen molar-refractivity contribution in [1.29, 1.82) is 0 Å². The molecule has 2 aromatic carbocycles. The van der Waals surface area contributed by atoms with E-state index in [1.807, 2.05) is 20.8 Å². The number of benzene rings is 2. The predicted octanol–water partition coefficient (Wildman–Crippen LogP) is 2.49. The molecule has 4 aromatic rings. The molecule has 20 nitrogen and oxygen atoms in total. The van der Waals surface area contributed by atoms with Crippen molar-refractivity contribution in [1.82, 2.24) is 24.3 Å². The first-order valence-corrected chi connectivity index (χ1v) is 17.5. The monoisotopic (exact) mass is 775 g/mol. The molecule has 0 saturated heterocycles. The van der Waals surface area contributed by atoms with Crippen LogP contribution in [0.5, 0.6) is 11.5 Å². The average Bonchev–Trinajstić information content (AvgIpc) is 3.73. The number of nitrogens with zero attached hydrogens (tertiary/aromatic N) is 6. The lowest BCUT2D eigenvalue weighted by atomic mass is 10.1. The fraction of sp³-hybridized carbons (Fsp3) is 0.306. The number of nitrogens with two attached hydrogens (primary N) is 5. The van der Waals surface area contributed by atoms with Crippen molar-refractivity contribution < 1.29 is 28.8 Å². The number of anilines is 2. The minimum atomic E-state index is -0.879. The number of rotatable bonds is 19. The summed E-state index contributed by atoms with van der Waals surface area (Å²) in [6, 6.07) is 6.98. The third kappa shape index (κ3) is 11.1. The third-order valence-corrected chi connectivity index (χ3v) is 7.77. The highest BCUT2D eigenvalue weighted by Gasteiger charge is 2.23. The van der Waals surface area contributed by atoms with Gasteiger partial charge in [-0.25, -0.2) is 10.8 Å². The van der Waals surface area contributed by atoms with Gasteiger partial charge in [0.15, 0.2) is 11.4 Å². The number of hydrogen-bond acceptors (Lipinski definition) is 14. The second kappa shape index (κ2) is 20.5. The van der Waals surface area contributed by atoms with E-state index in [1.165, 1.54) is 36.5 Å². The van der Waals surface area contributed by atoms with Crippen LogP contribution in [0.25, 0.3) is 11.0 Å². The van der Waals surface area contributed by atoms with E-state index >= 15 is 0 Å². The minimum absolute atomic E-state index is 0.00617. The van der Waals surface area contributed by atoms with Crippen LogP contribution in [0.15, 0.2) is 66.5 Å². The van der Waals surface area contributed by atoms with E-state index < -0.39 is 28.3 Å². The number of allylic oxidation sites excluding steroid dienone is 1. The quantitative estimate of drug-likeness (QED) is 0.0312. The number of nitro groups is 1. The number of ether oxygens (including phenoxy) is 2. The number of imidazole rings is 1. The number of aromatic nitrogens is 4. The molecule has 0 bridgehead atoms. The first-order valence-electron chi connectivity index (χ1n) is 17.5. The van der Waals surface area contributed by atoms with Crippen molar-refractivity contribution in [3.63, 3.8) is 0 Å². The van der Waals surface area contributed by atoms with Crippen molar-refractivity contribution in [3.8, 4) is 11.5 Å². The maximum atomic E-state index is 13.4. The highest BCUT2D eigenvalue weighted by molar-refractivity contribution is 6.04. The molecule has 2 heterocycles. The van der Waals surface area contributed by atoms with Crippen LogP contribution in [-0.4, -0.2) is 80.3 Å². The first-order chi connectivity index (χ1) is 26.8. The summed E-state index contributed by atoms with van der Waals surface area (Å²) in [5.74, 6) is 4.25. The zero-order valence-electron chi connectivity index (χ0n) is 31.9. The largest absolute Gasteiger partial charge is 0.494 e. The van der Waals surface area contributed by atoms with E-state index in [-0.39, 0.29) is 67.0 Å². The SMILES string of the molecule is CC.CCn1nc(C)cc1C(=O)Nc1nc2cc(C(N)=O)cc(OC)c2n1C/C=C/CNc1c(OC/C=C/CN(N)/C=C(\N)CN)cc(C(N)=O)cc1[N+](=O)[O-]. The normalized spacial score (nSPS) is 11.4. The Bertz CT molecular complexity index is 2140. The van der Waals surface area contributed by atoms with Gasteiger partial charge in [0.25, 0.3) is 11.6 Å². The number of nitro benzene ring substituents is 1. The molecule has 0 aliphatic rings. The molecule has 0 atom stereocenters. The third-order valence-electron chi connectivity index (χ3n) is 7.77. The van der Waals surface area contributed by atoms with E-state index in [2.05, 4.69) is 20.7 Å². The second-order valence-electron chi connectivity index (χ2n) is 11.6. The van der Waals surface area contributed by atoms with Gasteiger partial charge in [-0.15, -0.1) is 0 Å². The maximum absolute atomic E-state index is 13.4. The van der Waals surface area contributed by atoms with Crippen molar-refractivity contribution in [2.24, 2.45) is 28.8 Å². The van der Waals surface area contributed by atoms with Crippen LogP contribution in [0, 0.1) is 17.0 Å². The molecule has 0 fully saturated rings. The molecule has 300 valence electrons. The number of carbonyl (C=O) groups excluding carboxylic acids is 3. The summed E-state index contributed by atoms with van der Waals surface area (Å²) in [6.45, 7) is 8.66. The Hall–Kier alpha value is -6.93. The lowest BCUT2D eigenvalue weighted by Crippen LogP contribution is -2.28. The summed E-state index contributed by atoms with van der Waals surface area (Å²) < 4.78 is 14.6. The molecule has 0 spiro atoms. The van der Waals surface area contributed by atoms with E-state index in [9.17, 15) is 24.5 Å². The molecule has 4 rings (SSSR count). The maximum Gasteiger partial charge on any atom is 0.296 e. The van der Waals surface area contributed by atoms with Crippen LogP contribution < -0.4 is 48.9 Å². The van der Waals surface area contributed by atoms with Gasteiger partial charge in [0.2, 0.25) is 17.8 Å². The molecular formula is C36H49N13O7. The van der Waals surface area contributed by atoms with Gasteiger partial charge in [-0.2, -0.15) is 5.10 Å². The summed E-state index contributed by atoms with van der Waals surface area (Å²) in [4.78, 5) is 53.4. The molecule has 0 radical (unpaired) electrons. The van der Waals surface area contributed by atoms with Gasteiger partial charge in [0.05, 0.1) is 29.8 Å². The second-order valence-corrected chi connectivity index (χ2v) is 11.6. The summed E-state index contributed by atoms with van der Waals surface area (Å²) in [6.07, 6.45) is 8.20. The molecule has 2 aromatic heterocycles. The summed E-state index contributed by atoms with van der Waals surface area (Å²) >= 11 is 0. The average molecular weight is 776 g/mol. The summed E-state index contributed by atoms with van der Waals surface area (Å²) in [5.41, 5.74) is 23.9. The van der Waals surface area contributed by atoms with E-state index in [0.717, 1.165) is 6.07 Å². The zero-order valence-corrected chi connectivity index (χ0v) is 31.9. The molecule has 3 amide bonds. The Morgan fingerprint density at radius 2 is 1.68 bits per heavy atom. The Balaban J connectivity index is 0.00000414. The van der Waals surface area contributed by atoms with Crippen LogP contribution in [0.4, 0.5) is 17.3 Å². The smallest absolute Gasteiger partial charge is 0.296 e. The first kappa shape index (κ1) is 43.5. The zero-order chi connectivity index (χ0) is 41.5. The summed E-state index contributed by atoms with van der Waals surface area (Å²) in [7, 11) is 1.42. The number of primary amides is 2. The van der Waals surface area contributed by atoms with Crippen molar-refractivity contribution >= 4 is 46.1 Å². The van der Waals surface area contributed by atoms with Gasteiger partial charge in [-0.05, 0) is 44.2 Å². The number of nitrogens with one attached hydrogen (secondary N) is 2. The number of hydrogen-bond donors (Lipinski definition) is 7. The molecule has 0 unspecified atom stereocenters. The van der Waals surface area contributed by atoms with Crippen LogP contribution in [0.2, 0.25) is 0 Å². The lowest BCUT2D eigenvalue weighted by Gasteiger charge is -2.14. The fourth-order valence-corrected chi connectivity index (χ4v) is 5.26. The molecule has 12 N–H and O–H groups in total. The van der Waals surface area contributed by atoms with Gasteiger partial charge in [0, 0.05) is 55.3 Å². The van der Waals surface area contributed by atoms with Gasteiger partial charge in [-0.1, -0.05) is 32.1 Å². The molecular weight excluding hydrogens is 726 g/mol. The van der Waals surface area contributed by atoms with E-state index in [4.69, 9.17) is 38.3 Å². The molecule has 56 heavy (non-hydrogen) atoms. The molecule has 0 saturated carbocycles. The number of hydrazine groups is 1. The Morgan fingerprint density at radius 1 is 1.00 bits per heavy atom. The van der Waals surface area contributed by atoms with Crippen molar-refractivity contribution in [2.75, 3.05) is 44.0 Å². The number of fused-ring (bicyclic) bond motifs is 1. The lowest BCUT2D eigenvalue weighted by molar-refractivity contribution is -0.384. The van der Waals surface area contributed by atoms with Crippen LogP contribution in [0.1, 0.15) is 57.7 Å². The van der Waals surface area contributed by atoms with Crippen molar-refractivity contribution in [3.05, 3.63) is 99.2 Å². The van der Waals surface area contributed by atoms with Gasteiger partial charge in [-0.3, -0.25) is 34.5 Å². The van der Waals surface area contributed by atoms with Crippen LogP contribution in [0.3, 0.4) is 0 Å². The standard InChI is InChI=1S/C34H43N13O7.C2H6/c1-4-46-26(13-20(2)43-46)33(50)42-34-41-24-14-21(31(37)48)17-28(53-3)30(24)45(34)11-6-5-9-40-29-25(47(51)52)15-22(32(38)49)16-27(29)54-12-8-7-10-44(39)19-23(36)18-35;1-2/h5-8,13-17,19,40H,4,9-12,18,35-36,39H2,1-3H3,(H2,37,48)(H2,38,49)(H,41,42,50);1-2H3/b6-5+,8-7+,23-19-;. The Morgan fingerprint density at radius 3 is 2.30 bits per heavy atom. The van der Waals surface area contributed by atoms with Crippen LogP contribution >= 0.6 is 0 Å². The van der Waals surface area contributed by atoms with Gasteiger partial charge >= 0.3 is 0 Å². The summed E-state index contributed by atoms with van der Waals surface area (Å²) in [5, 5.41) is 23.5. The molecule has 20 heteroatoms. The number of methoxy groups -OCH3 is 1. The van der Waals surface area contributed by atoms with Gasteiger partial charge < -0.3 is 47.3 Å². The van der Waals surface area contributed by atoms with Crippen LogP contribution in [-0.2, 0) is 13.1 Å². The Kier molecular flexibility index (Phi) is 15.9. The highest BCUT2D eigenvalue weighted by Crippen LogP contribution is 2.36. The van der Waals surface area contributed by atoms with Crippen molar-refractivity contribution in [2.45, 2.75) is 40.8 Å². The molecule has 0 aliphatic carbocycles. The number of aryl methyl sites for hydroxylation is 2. The van der Waals surface area contributed by atoms with E-state index in [0.29, 0.717) is 34.7 Å². The minimum Gasteiger partial charge on any atom is -0.494 e. The predicted molar refractivity (Wildman–Crippen MR) is 213 cm³/mol. The highest BCUT2D eigenvalue weighted by atomic mass is 16.6. The van der Waals surface area contributed by atoms with Gasteiger partial charge in [0.1, 0.15) is 23.6 Å². The Labute approximate surface area is 323 Å². The number of carbonyl (C=O) groups is 3. The topological polar surface area (TPSA) is 306 Å². The fourth-order valence-electron chi connectivity index (χ4n) is 5.26. The van der Waals surface area contributed by atoms with E-state index in [1.54, 1.807) is 46.5 Å². The number of amides is 3.